The van der Waals surface area contributed by atoms with Crippen LogP contribution in [0.25, 0.3) is 0 Å². The molecule has 2 heteroatoms. The Morgan fingerprint density at radius 2 is 1.77 bits per heavy atom. The van der Waals surface area contributed by atoms with Gasteiger partial charge in [-0.25, -0.2) is 0 Å². The molecule has 0 aliphatic heterocycles. The van der Waals surface area contributed by atoms with E-state index in [2.05, 4.69) is 34.6 Å². The second kappa shape index (κ2) is 5.83. The molecule has 3 aliphatic rings. The molecule has 0 aromatic heterocycles. The summed E-state index contributed by atoms with van der Waals surface area (Å²) in [5, 5.41) is 0. The number of carbonyl (C=O) groups is 1. The molecule has 3 aliphatic carbocycles. The summed E-state index contributed by atoms with van der Waals surface area (Å²) in [4.78, 5) is 12.9. The Morgan fingerprint density at radius 1 is 1.09 bits per heavy atom. The summed E-state index contributed by atoms with van der Waals surface area (Å²) in [6.07, 6.45) is 7.85. The van der Waals surface area contributed by atoms with E-state index in [4.69, 9.17) is 4.74 Å². The summed E-state index contributed by atoms with van der Waals surface area (Å²) in [5.41, 5.74) is -0.328. The highest BCUT2D eigenvalue weighted by atomic mass is 16.5. The molecule has 126 valence electrons. The van der Waals surface area contributed by atoms with Crippen LogP contribution in [-0.2, 0) is 9.53 Å². The van der Waals surface area contributed by atoms with E-state index in [1.807, 2.05) is 0 Å². The summed E-state index contributed by atoms with van der Waals surface area (Å²) in [6, 6.07) is 0. The van der Waals surface area contributed by atoms with E-state index in [0.717, 1.165) is 30.6 Å². The molecule has 3 rings (SSSR count). The van der Waals surface area contributed by atoms with Crippen LogP contribution in [-0.4, -0.2) is 12.1 Å². The zero-order valence-electron chi connectivity index (χ0n) is 15.1. The highest BCUT2D eigenvalue weighted by molar-refractivity contribution is 5.77. The zero-order chi connectivity index (χ0) is 16.1. The lowest BCUT2D eigenvalue weighted by Gasteiger charge is -2.37. The molecule has 22 heavy (non-hydrogen) atoms. The van der Waals surface area contributed by atoms with Crippen molar-refractivity contribution in [3.8, 4) is 0 Å². The molecule has 0 radical (unpaired) electrons. The van der Waals surface area contributed by atoms with Crippen LogP contribution in [0.3, 0.4) is 0 Å². The number of rotatable bonds is 5. The molecule has 0 heterocycles. The van der Waals surface area contributed by atoms with Crippen LogP contribution in [0.5, 0.6) is 0 Å². The van der Waals surface area contributed by atoms with E-state index in [9.17, 15) is 4.79 Å². The number of ether oxygens (including phenoxy) is 1. The molecule has 3 fully saturated rings. The van der Waals surface area contributed by atoms with Gasteiger partial charge in [0.05, 0.1) is 5.41 Å². The average Bonchev–Trinajstić information content (AvgIpc) is 3.08. The minimum Gasteiger partial charge on any atom is -0.462 e. The van der Waals surface area contributed by atoms with Crippen molar-refractivity contribution in [3.05, 3.63) is 0 Å². The fourth-order valence-corrected chi connectivity index (χ4v) is 5.82. The lowest BCUT2D eigenvalue weighted by molar-refractivity contribution is -0.168. The van der Waals surface area contributed by atoms with Crippen LogP contribution in [0.1, 0.15) is 73.1 Å². The molecule has 2 nitrogen and oxygen atoms in total. The Morgan fingerprint density at radius 3 is 2.41 bits per heavy atom. The van der Waals surface area contributed by atoms with E-state index in [0.29, 0.717) is 17.8 Å². The summed E-state index contributed by atoms with van der Waals surface area (Å²) in [6.45, 7) is 10.9. The highest BCUT2D eigenvalue weighted by Gasteiger charge is 2.55. The molecule has 0 N–H and O–H groups in total. The van der Waals surface area contributed by atoms with Gasteiger partial charge in [-0.15, -0.1) is 0 Å². The summed E-state index contributed by atoms with van der Waals surface area (Å²) >= 11 is 0. The van der Waals surface area contributed by atoms with Crippen molar-refractivity contribution in [2.75, 3.05) is 0 Å². The SMILES string of the molecule is CC(C)CC(C)(C(=O)OC1CC2CC1C1CCCC21)C(C)C. The predicted molar refractivity (Wildman–Crippen MR) is 89.3 cm³/mol. The second-order valence-corrected chi connectivity index (χ2v) is 9.27. The third-order valence-corrected chi connectivity index (χ3v) is 7.20. The van der Waals surface area contributed by atoms with Crippen molar-refractivity contribution < 1.29 is 9.53 Å². The van der Waals surface area contributed by atoms with Crippen LogP contribution in [0.2, 0.25) is 0 Å². The third-order valence-electron chi connectivity index (χ3n) is 7.20. The predicted octanol–water partition coefficient (Wildman–Crippen LogP) is 5.06. The van der Waals surface area contributed by atoms with Gasteiger partial charge in [0, 0.05) is 0 Å². The minimum absolute atomic E-state index is 0.0725. The van der Waals surface area contributed by atoms with Crippen LogP contribution in [0, 0.1) is 40.9 Å². The molecule has 0 saturated heterocycles. The average molecular weight is 306 g/mol. The largest absolute Gasteiger partial charge is 0.462 e. The first-order valence-electron chi connectivity index (χ1n) is 9.54. The smallest absolute Gasteiger partial charge is 0.312 e. The van der Waals surface area contributed by atoms with Crippen molar-refractivity contribution >= 4 is 5.97 Å². The zero-order valence-corrected chi connectivity index (χ0v) is 15.1. The molecular formula is C20H34O2. The molecule has 0 aromatic carbocycles. The van der Waals surface area contributed by atoms with Crippen molar-refractivity contribution in [2.24, 2.45) is 40.9 Å². The van der Waals surface area contributed by atoms with Crippen LogP contribution < -0.4 is 0 Å². The number of fused-ring (bicyclic) bond motifs is 5. The number of hydrogen-bond acceptors (Lipinski definition) is 2. The van der Waals surface area contributed by atoms with Crippen LogP contribution >= 0.6 is 0 Å². The minimum atomic E-state index is -0.328. The van der Waals surface area contributed by atoms with Crippen molar-refractivity contribution in [3.63, 3.8) is 0 Å². The second-order valence-electron chi connectivity index (χ2n) is 9.27. The Bertz CT molecular complexity index is 427. The summed E-state index contributed by atoms with van der Waals surface area (Å²) in [5.74, 6) is 4.30. The Balaban J connectivity index is 1.66. The van der Waals surface area contributed by atoms with E-state index in [1.54, 1.807) is 0 Å². The fourth-order valence-electron chi connectivity index (χ4n) is 5.82. The topological polar surface area (TPSA) is 26.3 Å². The fraction of sp³-hybridized carbons (Fsp3) is 0.950. The summed E-state index contributed by atoms with van der Waals surface area (Å²) in [7, 11) is 0. The Hall–Kier alpha value is -0.530. The molecular weight excluding hydrogens is 272 g/mol. The monoisotopic (exact) mass is 306 g/mol. The molecule has 0 aromatic rings. The van der Waals surface area contributed by atoms with Crippen molar-refractivity contribution in [1.29, 1.82) is 0 Å². The van der Waals surface area contributed by atoms with Crippen LogP contribution in [0.4, 0.5) is 0 Å². The molecule has 6 atom stereocenters. The van der Waals surface area contributed by atoms with Gasteiger partial charge in [-0.2, -0.15) is 0 Å². The van der Waals surface area contributed by atoms with Crippen LogP contribution in [0.15, 0.2) is 0 Å². The first-order chi connectivity index (χ1) is 10.3. The van der Waals surface area contributed by atoms with Crippen molar-refractivity contribution in [1.82, 2.24) is 0 Å². The Labute approximate surface area is 136 Å². The lowest BCUT2D eigenvalue weighted by atomic mass is 9.73. The number of hydrogen-bond donors (Lipinski definition) is 0. The lowest BCUT2D eigenvalue weighted by Crippen LogP contribution is -2.41. The van der Waals surface area contributed by atoms with Gasteiger partial charge in [0.2, 0.25) is 0 Å². The first-order valence-corrected chi connectivity index (χ1v) is 9.54. The van der Waals surface area contributed by atoms with Gasteiger partial charge in [-0.3, -0.25) is 4.79 Å². The van der Waals surface area contributed by atoms with E-state index in [1.165, 1.54) is 25.7 Å². The molecule has 3 saturated carbocycles. The molecule has 0 spiro atoms. The van der Waals surface area contributed by atoms with E-state index >= 15 is 0 Å². The maximum atomic E-state index is 12.9. The number of esters is 1. The number of carbonyl (C=O) groups excluding carboxylic acids is 1. The van der Waals surface area contributed by atoms with Gasteiger partial charge in [-0.05, 0) is 74.5 Å². The standard InChI is InChI=1S/C20H34O2/c1-12(2)11-20(5,13(3)4)19(21)22-18-10-14-9-17(18)16-8-6-7-15(14)16/h12-18H,6-11H2,1-5H3. The third kappa shape index (κ3) is 2.61. The van der Waals surface area contributed by atoms with Gasteiger partial charge in [-0.1, -0.05) is 34.1 Å². The van der Waals surface area contributed by atoms with Gasteiger partial charge in [0.15, 0.2) is 0 Å². The quantitative estimate of drug-likeness (QED) is 0.663. The van der Waals surface area contributed by atoms with E-state index < -0.39 is 0 Å². The van der Waals surface area contributed by atoms with Crippen molar-refractivity contribution in [2.45, 2.75) is 79.2 Å². The van der Waals surface area contributed by atoms with Gasteiger partial charge in [0.25, 0.3) is 0 Å². The van der Waals surface area contributed by atoms with E-state index in [-0.39, 0.29) is 17.5 Å². The Kier molecular flexibility index (Phi) is 4.33. The summed E-state index contributed by atoms with van der Waals surface area (Å²) < 4.78 is 6.14. The normalized spacial score (nSPS) is 39.3. The maximum Gasteiger partial charge on any atom is 0.312 e. The molecule has 0 amide bonds. The van der Waals surface area contributed by atoms with Gasteiger partial charge >= 0.3 is 5.97 Å². The molecule has 6 unspecified atom stereocenters. The van der Waals surface area contributed by atoms with Gasteiger partial charge < -0.3 is 4.74 Å². The highest BCUT2D eigenvalue weighted by Crippen LogP contribution is 2.59. The van der Waals surface area contributed by atoms with Gasteiger partial charge in [0.1, 0.15) is 6.10 Å². The first kappa shape index (κ1) is 16.3. The molecule has 2 bridgehead atoms. The maximum absolute atomic E-state index is 12.9.